The van der Waals surface area contributed by atoms with E-state index in [0.29, 0.717) is 18.5 Å². The minimum atomic E-state index is -3.98. The number of rotatable bonds is 5. The van der Waals surface area contributed by atoms with E-state index in [1.54, 1.807) is 12.1 Å². The van der Waals surface area contributed by atoms with Crippen LogP contribution in [-0.2, 0) is 14.8 Å². The number of carbonyl (C=O) groups excluding carboxylic acids is 1. The maximum atomic E-state index is 13.6. The van der Waals surface area contributed by atoms with Crippen LogP contribution in [0.5, 0.6) is 5.75 Å². The highest BCUT2D eigenvalue weighted by Gasteiger charge is 2.35. The Morgan fingerprint density at radius 1 is 1.22 bits per heavy atom. The van der Waals surface area contributed by atoms with Crippen molar-refractivity contribution in [3.63, 3.8) is 0 Å². The molecule has 1 aliphatic heterocycles. The lowest BCUT2D eigenvalue weighted by atomic mass is 9.99. The summed E-state index contributed by atoms with van der Waals surface area (Å²) in [7, 11) is -2.65. The molecular formula is C19H21FN2O4S. The van der Waals surface area contributed by atoms with E-state index in [-0.39, 0.29) is 29.6 Å². The summed E-state index contributed by atoms with van der Waals surface area (Å²) in [6.07, 6.45) is 1.13. The molecule has 0 unspecified atom stereocenters. The molecule has 1 aliphatic rings. The van der Waals surface area contributed by atoms with Gasteiger partial charge in [0.25, 0.3) is 0 Å². The van der Waals surface area contributed by atoms with Crippen molar-refractivity contribution < 1.29 is 22.3 Å². The minimum absolute atomic E-state index is 0.0423. The van der Waals surface area contributed by atoms with Crippen LogP contribution in [0.2, 0.25) is 0 Å². The second kappa shape index (κ2) is 8.06. The number of nitrogens with one attached hydrogen (secondary N) is 1. The molecule has 0 aromatic heterocycles. The van der Waals surface area contributed by atoms with Gasteiger partial charge in [0.1, 0.15) is 16.5 Å². The highest BCUT2D eigenvalue weighted by Crippen LogP contribution is 2.30. The van der Waals surface area contributed by atoms with Crippen LogP contribution in [-0.4, -0.2) is 38.8 Å². The molecule has 1 amide bonds. The number of sulfonamides is 1. The average molecular weight is 392 g/mol. The van der Waals surface area contributed by atoms with Crippen molar-refractivity contribution in [2.75, 3.05) is 25.5 Å². The van der Waals surface area contributed by atoms with E-state index in [1.165, 1.54) is 17.5 Å². The number of piperidine rings is 1. The Kier molecular flexibility index (Phi) is 5.76. The van der Waals surface area contributed by atoms with Crippen LogP contribution in [0.25, 0.3) is 0 Å². The summed E-state index contributed by atoms with van der Waals surface area (Å²) in [4.78, 5) is 12.3. The second-order valence-corrected chi connectivity index (χ2v) is 8.26. The summed E-state index contributed by atoms with van der Waals surface area (Å²) in [5.41, 5.74) is 0.661. The van der Waals surface area contributed by atoms with E-state index in [4.69, 9.17) is 4.74 Å². The zero-order chi connectivity index (χ0) is 19.4. The molecule has 0 spiro atoms. The molecule has 27 heavy (non-hydrogen) atoms. The highest BCUT2D eigenvalue weighted by molar-refractivity contribution is 7.89. The van der Waals surface area contributed by atoms with Crippen molar-refractivity contribution in [3.8, 4) is 5.75 Å². The first-order chi connectivity index (χ1) is 12.9. The third kappa shape index (κ3) is 4.28. The summed E-state index contributed by atoms with van der Waals surface area (Å²) in [6.45, 7) is 0.317. The van der Waals surface area contributed by atoms with Crippen molar-refractivity contribution >= 4 is 21.6 Å². The summed E-state index contributed by atoms with van der Waals surface area (Å²) < 4.78 is 45.9. The predicted octanol–water partition coefficient (Wildman–Crippen LogP) is 2.87. The molecule has 3 rings (SSSR count). The number of halogens is 1. The zero-order valence-corrected chi connectivity index (χ0v) is 15.7. The van der Waals surface area contributed by atoms with Gasteiger partial charge in [0.15, 0.2) is 0 Å². The van der Waals surface area contributed by atoms with Gasteiger partial charge in [0.05, 0.1) is 13.0 Å². The normalized spacial score (nSPS) is 18.1. The number of para-hydroxylation sites is 1. The molecule has 1 atom stereocenters. The van der Waals surface area contributed by atoms with Gasteiger partial charge in [-0.3, -0.25) is 4.79 Å². The van der Waals surface area contributed by atoms with Gasteiger partial charge in [-0.15, -0.1) is 0 Å². The minimum Gasteiger partial charge on any atom is -0.495 e. The van der Waals surface area contributed by atoms with Crippen LogP contribution >= 0.6 is 0 Å². The van der Waals surface area contributed by atoms with E-state index in [9.17, 15) is 17.6 Å². The molecule has 1 heterocycles. The number of nitrogens with zero attached hydrogens (tertiary/aromatic N) is 1. The summed E-state index contributed by atoms with van der Waals surface area (Å²) in [6, 6.07) is 12.4. The van der Waals surface area contributed by atoms with Gasteiger partial charge >= 0.3 is 0 Å². The zero-order valence-electron chi connectivity index (χ0n) is 14.9. The Morgan fingerprint density at radius 2 is 1.96 bits per heavy atom. The molecule has 2 aromatic carbocycles. The van der Waals surface area contributed by atoms with Gasteiger partial charge < -0.3 is 10.1 Å². The van der Waals surface area contributed by atoms with E-state index in [0.717, 1.165) is 12.1 Å². The molecule has 2 aromatic rings. The molecule has 0 bridgehead atoms. The molecule has 6 nitrogen and oxygen atoms in total. The first-order valence-electron chi connectivity index (χ1n) is 8.61. The van der Waals surface area contributed by atoms with Crippen molar-refractivity contribution in [2.45, 2.75) is 17.7 Å². The van der Waals surface area contributed by atoms with Gasteiger partial charge in [0, 0.05) is 18.8 Å². The van der Waals surface area contributed by atoms with Gasteiger partial charge in [-0.2, -0.15) is 4.31 Å². The van der Waals surface area contributed by atoms with Crippen molar-refractivity contribution in [2.24, 2.45) is 5.92 Å². The number of hydrogen-bond acceptors (Lipinski definition) is 4. The first-order valence-corrected chi connectivity index (χ1v) is 10.1. The SMILES string of the molecule is COc1ccc(F)cc1S(=O)(=O)N1CCC[C@H](C(=O)Nc2ccccc2)C1. The van der Waals surface area contributed by atoms with Crippen molar-refractivity contribution in [1.82, 2.24) is 4.31 Å². The van der Waals surface area contributed by atoms with Crippen LogP contribution in [0.4, 0.5) is 10.1 Å². The maximum Gasteiger partial charge on any atom is 0.246 e. The van der Waals surface area contributed by atoms with Gasteiger partial charge in [-0.1, -0.05) is 18.2 Å². The fourth-order valence-corrected chi connectivity index (χ4v) is 4.82. The Balaban J connectivity index is 1.79. The maximum absolute atomic E-state index is 13.6. The Hall–Kier alpha value is -2.45. The van der Waals surface area contributed by atoms with Crippen LogP contribution in [0.3, 0.4) is 0 Å². The number of hydrogen-bond donors (Lipinski definition) is 1. The number of carbonyl (C=O) groups is 1. The van der Waals surface area contributed by atoms with Crippen molar-refractivity contribution in [3.05, 3.63) is 54.3 Å². The smallest absolute Gasteiger partial charge is 0.246 e. The number of amides is 1. The van der Waals surface area contributed by atoms with Gasteiger partial charge in [0.2, 0.25) is 15.9 Å². The standard InChI is InChI=1S/C19H21FN2O4S/c1-26-17-10-9-15(20)12-18(17)27(24,25)22-11-5-6-14(13-22)19(23)21-16-7-3-2-4-8-16/h2-4,7-10,12,14H,5-6,11,13H2,1H3,(H,21,23)/t14-/m0/s1. The Bertz CT molecular complexity index is 919. The molecular weight excluding hydrogens is 371 g/mol. The molecule has 1 saturated heterocycles. The number of anilines is 1. The van der Waals surface area contributed by atoms with E-state index in [2.05, 4.69) is 5.32 Å². The molecule has 8 heteroatoms. The third-order valence-electron chi connectivity index (χ3n) is 4.54. The fourth-order valence-electron chi connectivity index (χ4n) is 3.13. The third-order valence-corrected chi connectivity index (χ3v) is 6.43. The number of benzene rings is 2. The molecule has 0 aliphatic carbocycles. The average Bonchev–Trinajstić information content (AvgIpc) is 2.69. The molecule has 144 valence electrons. The van der Waals surface area contributed by atoms with E-state index < -0.39 is 21.8 Å². The summed E-state index contributed by atoms with van der Waals surface area (Å²) >= 11 is 0. The molecule has 1 fully saturated rings. The topological polar surface area (TPSA) is 75.7 Å². The summed E-state index contributed by atoms with van der Waals surface area (Å²) in [5, 5.41) is 2.81. The van der Waals surface area contributed by atoms with E-state index >= 15 is 0 Å². The monoisotopic (exact) mass is 392 g/mol. The van der Waals surface area contributed by atoms with E-state index in [1.807, 2.05) is 18.2 Å². The first kappa shape index (κ1) is 19.3. The van der Waals surface area contributed by atoms with Crippen LogP contribution in [0, 0.1) is 11.7 Å². The fraction of sp³-hybridized carbons (Fsp3) is 0.316. The lowest BCUT2D eigenvalue weighted by Crippen LogP contribution is -2.43. The van der Waals surface area contributed by atoms with Crippen LogP contribution in [0.1, 0.15) is 12.8 Å². The largest absolute Gasteiger partial charge is 0.495 e. The van der Waals surface area contributed by atoms with Crippen LogP contribution in [0.15, 0.2) is 53.4 Å². The molecule has 1 N–H and O–H groups in total. The van der Waals surface area contributed by atoms with Gasteiger partial charge in [-0.25, -0.2) is 12.8 Å². The van der Waals surface area contributed by atoms with Gasteiger partial charge in [-0.05, 0) is 43.2 Å². The number of ether oxygens (including phenoxy) is 1. The second-order valence-electron chi connectivity index (χ2n) is 6.35. The Labute approximate surface area is 158 Å². The molecule has 0 radical (unpaired) electrons. The highest BCUT2D eigenvalue weighted by atomic mass is 32.2. The van der Waals surface area contributed by atoms with Crippen LogP contribution < -0.4 is 10.1 Å². The Morgan fingerprint density at radius 3 is 2.67 bits per heavy atom. The quantitative estimate of drug-likeness (QED) is 0.849. The van der Waals surface area contributed by atoms with Crippen molar-refractivity contribution in [1.29, 1.82) is 0 Å². The number of methoxy groups -OCH3 is 1. The lowest BCUT2D eigenvalue weighted by molar-refractivity contribution is -0.120. The summed E-state index contributed by atoms with van der Waals surface area (Å²) in [5.74, 6) is -1.29. The lowest BCUT2D eigenvalue weighted by Gasteiger charge is -2.31. The molecule has 0 saturated carbocycles. The predicted molar refractivity (Wildman–Crippen MR) is 99.5 cm³/mol.